The van der Waals surface area contributed by atoms with Crippen molar-refractivity contribution in [2.45, 2.75) is 32.7 Å². The lowest BCUT2D eigenvalue weighted by Gasteiger charge is -2.27. The predicted octanol–water partition coefficient (Wildman–Crippen LogP) is 1.38. The van der Waals surface area contributed by atoms with E-state index in [1.165, 1.54) is 0 Å². The van der Waals surface area contributed by atoms with Crippen LogP contribution in [0.4, 0.5) is 0 Å². The third-order valence-corrected chi connectivity index (χ3v) is 2.20. The Balaban J connectivity index is 2.55. The molecule has 2 heteroatoms. The van der Waals surface area contributed by atoms with E-state index >= 15 is 0 Å². The largest absolute Gasteiger partial charge is 0.304 e. The maximum atomic E-state index is 3.98. The second kappa shape index (κ2) is 2.01. The van der Waals surface area contributed by atoms with Crippen LogP contribution in [0.5, 0.6) is 0 Å². The summed E-state index contributed by atoms with van der Waals surface area (Å²) in [7, 11) is 0. The van der Waals surface area contributed by atoms with Crippen molar-refractivity contribution in [3.8, 4) is 0 Å². The van der Waals surface area contributed by atoms with E-state index < -0.39 is 0 Å². The quantitative estimate of drug-likeness (QED) is 0.564. The second-order valence-corrected chi connectivity index (χ2v) is 3.20. The molecule has 1 atom stereocenters. The molecule has 0 spiro atoms. The zero-order valence-corrected chi connectivity index (χ0v) is 6.31. The van der Waals surface area contributed by atoms with Crippen molar-refractivity contribution in [3.63, 3.8) is 0 Å². The minimum Gasteiger partial charge on any atom is -0.304 e. The van der Waals surface area contributed by atoms with Crippen molar-refractivity contribution in [1.82, 2.24) is 5.43 Å². The van der Waals surface area contributed by atoms with Gasteiger partial charge in [0.25, 0.3) is 0 Å². The third-order valence-electron chi connectivity index (χ3n) is 2.20. The summed E-state index contributed by atoms with van der Waals surface area (Å²) in [6.07, 6.45) is 3.00. The summed E-state index contributed by atoms with van der Waals surface area (Å²) < 4.78 is 0. The number of nitrogens with zero attached hydrogens (tertiary/aromatic N) is 1. The number of nitrogens with one attached hydrogen (secondary N) is 1. The van der Waals surface area contributed by atoms with Crippen LogP contribution in [0.15, 0.2) is 5.10 Å². The van der Waals surface area contributed by atoms with Crippen molar-refractivity contribution in [3.05, 3.63) is 0 Å². The smallest absolute Gasteiger partial charge is 0.0593 e. The molecule has 2 nitrogen and oxygen atoms in total. The molecule has 1 rings (SSSR count). The van der Waals surface area contributed by atoms with Gasteiger partial charge in [-0.1, -0.05) is 13.8 Å². The van der Waals surface area contributed by atoms with E-state index in [4.69, 9.17) is 0 Å². The molecule has 52 valence electrons. The third kappa shape index (κ3) is 1.07. The molecule has 0 unspecified atom stereocenters. The van der Waals surface area contributed by atoms with Gasteiger partial charge >= 0.3 is 0 Å². The molecule has 0 aromatic carbocycles. The highest BCUT2D eigenvalue weighted by Gasteiger charge is 2.29. The maximum absolute atomic E-state index is 3.98. The van der Waals surface area contributed by atoms with Crippen LogP contribution >= 0.6 is 0 Å². The van der Waals surface area contributed by atoms with Crippen LogP contribution in [-0.4, -0.2) is 11.8 Å². The SMILES string of the molecule is CC(C)[C@]1(C)CC=NN1. The Hall–Kier alpha value is -0.530. The molecule has 1 N–H and O–H groups in total. The molecule has 0 aromatic rings. The van der Waals surface area contributed by atoms with Gasteiger partial charge < -0.3 is 5.43 Å². The van der Waals surface area contributed by atoms with Crippen molar-refractivity contribution < 1.29 is 0 Å². The molecule has 1 aliphatic heterocycles. The Labute approximate surface area is 56.3 Å². The summed E-state index contributed by atoms with van der Waals surface area (Å²) >= 11 is 0. The second-order valence-electron chi connectivity index (χ2n) is 3.20. The topological polar surface area (TPSA) is 24.4 Å². The van der Waals surface area contributed by atoms with Crippen LogP contribution < -0.4 is 5.43 Å². The van der Waals surface area contributed by atoms with E-state index in [2.05, 4.69) is 31.3 Å². The van der Waals surface area contributed by atoms with Gasteiger partial charge in [-0.3, -0.25) is 0 Å². The van der Waals surface area contributed by atoms with Crippen LogP contribution in [-0.2, 0) is 0 Å². The summed E-state index contributed by atoms with van der Waals surface area (Å²) in [5.41, 5.74) is 3.32. The van der Waals surface area contributed by atoms with Crippen LogP contribution in [0.3, 0.4) is 0 Å². The van der Waals surface area contributed by atoms with Gasteiger partial charge in [0.2, 0.25) is 0 Å². The Morgan fingerprint density at radius 1 is 1.67 bits per heavy atom. The Morgan fingerprint density at radius 2 is 2.33 bits per heavy atom. The predicted molar refractivity (Wildman–Crippen MR) is 39.5 cm³/mol. The number of hydrogen-bond donors (Lipinski definition) is 1. The molecule has 0 bridgehead atoms. The fraction of sp³-hybridized carbons (Fsp3) is 0.857. The van der Waals surface area contributed by atoms with Gasteiger partial charge in [0.1, 0.15) is 0 Å². The van der Waals surface area contributed by atoms with Gasteiger partial charge in [-0.25, -0.2) is 0 Å². The lowest BCUT2D eigenvalue weighted by atomic mass is 9.87. The minimum absolute atomic E-state index is 0.222. The first-order chi connectivity index (χ1) is 4.15. The molecule has 0 radical (unpaired) electrons. The Kier molecular flexibility index (Phi) is 1.47. The Bertz CT molecular complexity index is 119. The molecule has 9 heavy (non-hydrogen) atoms. The maximum Gasteiger partial charge on any atom is 0.0593 e. The summed E-state index contributed by atoms with van der Waals surface area (Å²) in [5.74, 6) is 0.653. The van der Waals surface area contributed by atoms with E-state index in [0.717, 1.165) is 6.42 Å². The lowest BCUT2D eigenvalue weighted by molar-refractivity contribution is 0.295. The van der Waals surface area contributed by atoms with E-state index in [-0.39, 0.29) is 5.54 Å². The molecule has 0 saturated heterocycles. The number of rotatable bonds is 1. The molecule has 1 aliphatic rings. The highest BCUT2D eigenvalue weighted by atomic mass is 15.3. The van der Waals surface area contributed by atoms with Crippen LogP contribution in [0, 0.1) is 5.92 Å². The molecule has 1 heterocycles. The summed E-state index contributed by atoms with van der Waals surface area (Å²) in [5, 5.41) is 3.98. The fourth-order valence-corrected chi connectivity index (χ4v) is 0.839. The monoisotopic (exact) mass is 126 g/mol. The molecular formula is C7H14N2. The minimum atomic E-state index is 0.222. The average Bonchev–Trinajstić information content (AvgIpc) is 2.16. The Morgan fingerprint density at radius 3 is 2.56 bits per heavy atom. The normalized spacial score (nSPS) is 33.3. The highest BCUT2D eigenvalue weighted by Crippen LogP contribution is 2.21. The van der Waals surface area contributed by atoms with Gasteiger partial charge in [0.05, 0.1) is 5.54 Å². The molecule has 0 saturated carbocycles. The zero-order chi connectivity index (χ0) is 6.91. The molecular weight excluding hydrogens is 112 g/mol. The van der Waals surface area contributed by atoms with Crippen molar-refractivity contribution in [2.24, 2.45) is 11.0 Å². The molecule has 0 aliphatic carbocycles. The standard InChI is InChI=1S/C7H14N2/c1-6(2)7(3)4-5-8-9-7/h5-6,9H,4H2,1-3H3/t7-/m0/s1. The van der Waals surface area contributed by atoms with Crippen LogP contribution in [0.25, 0.3) is 0 Å². The molecule has 0 amide bonds. The molecule has 0 fully saturated rings. The number of hydrazone groups is 1. The van der Waals surface area contributed by atoms with E-state index in [9.17, 15) is 0 Å². The number of hydrogen-bond acceptors (Lipinski definition) is 2. The van der Waals surface area contributed by atoms with E-state index in [1.807, 2.05) is 6.21 Å². The summed E-state index contributed by atoms with van der Waals surface area (Å²) in [4.78, 5) is 0. The van der Waals surface area contributed by atoms with Gasteiger partial charge in [0.15, 0.2) is 0 Å². The van der Waals surface area contributed by atoms with E-state index in [0.29, 0.717) is 5.92 Å². The lowest BCUT2D eigenvalue weighted by Crippen LogP contribution is -2.40. The van der Waals surface area contributed by atoms with Gasteiger partial charge in [-0.15, -0.1) is 0 Å². The van der Waals surface area contributed by atoms with Gasteiger partial charge in [-0.05, 0) is 12.8 Å². The summed E-state index contributed by atoms with van der Waals surface area (Å²) in [6.45, 7) is 6.62. The van der Waals surface area contributed by atoms with Crippen molar-refractivity contribution in [2.75, 3.05) is 0 Å². The van der Waals surface area contributed by atoms with Crippen LogP contribution in [0.1, 0.15) is 27.2 Å². The zero-order valence-electron chi connectivity index (χ0n) is 6.31. The van der Waals surface area contributed by atoms with Crippen molar-refractivity contribution in [1.29, 1.82) is 0 Å². The van der Waals surface area contributed by atoms with E-state index in [1.54, 1.807) is 0 Å². The first kappa shape index (κ1) is 6.59. The first-order valence-electron chi connectivity index (χ1n) is 3.44. The fourth-order valence-electron chi connectivity index (χ4n) is 0.839. The highest BCUT2D eigenvalue weighted by molar-refractivity contribution is 5.61. The average molecular weight is 126 g/mol. The van der Waals surface area contributed by atoms with Gasteiger partial charge in [-0.2, -0.15) is 5.10 Å². The van der Waals surface area contributed by atoms with Crippen LogP contribution in [0.2, 0.25) is 0 Å². The first-order valence-corrected chi connectivity index (χ1v) is 3.44. The van der Waals surface area contributed by atoms with Crippen molar-refractivity contribution >= 4 is 6.21 Å². The van der Waals surface area contributed by atoms with Gasteiger partial charge in [0, 0.05) is 12.6 Å². The summed E-state index contributed by atoms with van der Waals surface area (Å²) in [6, 6.07) is 0. The molecule has 0 aromatic heterocycles.